The fraction of sp³-hybridized carbons (Fsp3) is 0.393. The molecule has 0 aliphatic rings. The molecule has 6 nitrogen and oxygen atoms in total. The quantitative estimate of drug-likeness (QED) is 0.349. The SMILES string of the molecule is Cc1cccc(C)c1-c1cncc([C@H](CC(=O)O)NCC(CC(C)C)n2ccc(C(F)(F)F)cc2=O)c1. The largest absolute Gasteiger partial charge is 0.481 e. The molecule has 3 aromatic rings. The van der Waals surface area contributed by atoms with Crippen LogP contribution in [0.2, 0.25) is 0 Å². The Bertz CT molecular complexity index is 1280. The Labute approximate surface area is 214 Å². The summed E-state index contributed by atoms with van der Waals surface area (Å²) in [4.78, 5) is 28.7. The fourth-order valence-corrected chi connectivity index (χ4v) is 4.62. The van der Waals surface area contributed by atoms with Crippen LogP contribution in [0.25, 0.3) is 11.1 Å². The van der Waals surface area contributed by atoms with Gasteiger partial charge in [0.05, 0.1) is 12.0 Å². The third-order valence-electron chi connectivity index (χ3n) is 6.32. The van der Waals surface area contributed by atoms with Gasteiger partial charge in [0, 0.05) is 48.8 Å². The average molecular weight is 516 g/mol. The van der Waals surface area contributed by atoms with Crippen molar-refractivity contribution >= 4 is 5.97 Å². The maximum absolute atomic E-state index is 13.1. The number of rotatable bonds is 10. The summed E-state index contributed by atoms with van der Waals surface area (Å²) in [5.74, 6) is -0.866. The first-order valence-electron chi connectivity index (χ1n) is 12.1. The second-order valence-corrected chi connectivity index (χ2v) is 9.77. The summed E-state index contributed by atoms with van der Waals surface area (Å²) in [6, 6.07) is 8.28. The van der Waals surface area contributed by atoms with Crippen LogP contribution in [0.4, 0.5) is 13.2 Å². The minimum absolute atomic E-state index is 0.146. The van der Waals surface area contributed by atoms with Crippen molar-refractivity contribution in [1.82, 2.24) is 14.9 Å². The van der Waals surface area contributed by atoms with Crippen molar-refractivity contribution in [2.75, 3.05) is 6.54 Å². The molecule has 0 bridgehead atoms. The molecule has 1 unspecified atom stereocenters. The molecule has 0 saturated heterocycles. The van der Waals surface area contributed by atoms with Crippen molar-refractivity contribution < 1.29 is 23.1 Å². The van der Waals surface area contributed by atoms with Crippen molar-refractivity contribution in [1.29, 1.82) is 0 Å². The highest BCUT2D eigenvalue weighted by atomic mass is 19.4. The molecular weight excluding hydrogens is 483 g/mol. The van der Waals surface area contributed by atoms with Gasteiger partial charge in [-0.3, -0.25) is 14.6 Å². The number of benzene rings is 1. The van der Waals surface area contributed by atoms with E-state index in [4.69, 9.17) is 0 Å². The predicted octanol–water partition coefficient (Wildman–Crippen LogP) is 5.94. The molecule has 1 aromatic carbocycles. The standard InChI is InChI=1S/C28H32F3N3O3/c1-17(2)10-23(34-9-8-22(12-25(34)35)28(29,30)31)16-33-24(13-26(36)37)20-11-21(15-32-14-20)27-18(3)6-5-7-19(27)4/h5-9,11-12,14-15,17,23-24,33H,10,13,16H2,1-4H3,(H,36,37)/t23?,24-/m0/s1. The lowest BCUT2D eigenvalue weighted by Gasteiger charge is -2.26. The average Bonchev–Trinajstić information content (AvgIpc) is 2.80. The molecule has 0 saturated carbocycles. The molecule has 198 valence electrons. The molecule has 2 aromatic heterocycles. The van der Waals surface area contributed by atoms with Crippen LogP contribution in [0.5, 0.6) is 0 Å². The summed E-state index contributed by atoms with van der Waals surface area (Å²) in [5.41, 5.74) is 2.95. The molecule has 37 heavy (non-hydrogen) atoms. The Balaban J connectivity index is 1.92. The summed E-state index contributed by atoms with van der Waals surface area (Å²) in [6.07, 6.45) is 0.186. The lowest BCUT2D eigenvalue weighted by atomic mass is 9.94. The van der Waals surface area contributed by atoms with Crippen LogP contribution in [-0.4, -0.2) is 27.2 Å². The van der Waals surface area contributed by atoms with Crippen LogP contribution in [0.15, 0.2) is 59.8 Å². The number of aryl methyl sites for hydroxylation is 2. The number of carbonyl (C=O) groups is 1. The van der Waals surface area contributed by atoms with E-state index in [1.807, 2.05) is 52.0 Å². The van der Waals surface area contributed by atoms with Crippen LogP contribution in [0, 0.1) is 19.8 Å². The van der Waals surface area contributed by atoms with Gasteiger partial charge in [0.25, 0.3) is 5.56 Å². The molecular formula is C28H32F3N3O3. The number of aromatic nitrogens is 2. The normalized spacial score (nSPS) is 13.5. The van der Waals surface area contributed by atoms with Gasteiger partial charge in [-0.05, 0) is 60.6 Å². The Morgan fingerprint density at radius 1 is 1.11 bits per heavy atom. The van der Waals surface area contributed by atoms with Gasteiger partial charge in [-0.25, -0.2) is 0 Å². The second kappa shape index (κ2) is 11.7. The van der Waals surface area contributed by atoms with Crippen LogP contribution < -0.4 is 10.9 Å². The first-order chi connectivity index (χ1) is 17.4. The van der Waals surface area contributed by atoms with Crippen molar-refractivity contribution in [3.63, 3.8) is 0 Å². The topological polar surface area (TPSA) is 84.2 Å². The van der Waals surface area contributed by atoms with Gasteiger partial charge in [0.1, 0.15) is 0 Å². The van der Waals surface area contributed by atoms with Gasteiger partial charge in [-0.2, -0.15) is 13.2 Å². The minimum atomic E-state index is -4.61. The number of halogens is 3. The summed E-state index contributed by atoms with van der Waals surface area (Å²) < 4.78 is 40.5. The van der Waals surface area contributed by atoms with E-state index in [1.54, 1.807) is 12.4 Å². The highest BCUT2D eigenvalue weighted by Crippen LogP contribution is 2.30. The van der Waals surface area contributed by atoms with Crippen LogP contribution in [-0.2, 0) is 11.0 Å². The monoisotopic (exact) mass is 515 g/mol. The van der Waals surface area contributed by atoms with Gasteiger partial charge < -0.3 is 15.0 Å². The van der Waals surface area contributed by atoms with Crippen LogP contribution >= 0.6 is 0 Å². The lowest BCUT2D eigenvalue weighted by Crippen LogP contribution is -2.35. The number of carboxylic acids is 1. The van der Waals surface area contributed by atoms with Gasteiger partial charge >= 0.3 is 12.1 Å². The summed E-state index contributed by atoms with van der Waals surface area (Å²) >= 11 is 0. The van der Waals surface area contributed by atoms with E-state index in [0.29, 0.717) is 18.1 Å². The highest BCUT2D eigenvalue weighted by Gasteiger charge is 2.31. The lowest BCUT2D eigenvalue weighted by molar-refractivity contribution is -0.138. The Morgan fingerprint density at radius 2 is 1.78 bits per heavy atom. The number of alkyl halides is 3. The zero-order valence-corrected chi connectivity index (χ0v) is 21.3. The number of pyridine rings is 2. The van der Waals surface area contributed by atoms with E-state index in [1.165, 1.54) is 4.57 Å². The van der Waals surface area contributed by atoms with Gasteiger partial charge in [0.15, 0.2) is 0 Å². The Kier molecular flexibility index (Phi) is 8.91. The van der Waals surface area contributed by atoms with Crippen molar-refractivity contribution in [2.45, 2.75) is 58.8 Å². The van der Waals surface area contributed by atoms with Gasteiger partial charge in [0.2, 0.25) is 0 Å². The predicted molar refractivity (Wildman–Crippen MR) is 136 cm³/mol. The van der Waals surface area contributed by atoms with Crippen molar-refractivity contribution in [2.24, 2.45) is 5.92 Å². The maximum atomic E-state index is 13.1. The number of aliphatic carboxylic acids is 1. The van der Waals surface area contributed by atoms with E-state index < -0.39 is 35.4 Å². The Hall–Kier alpha value is -3.46. The van der Waals surface area contributed by atoms with E-state index in [9.17, 15) is 27.9 Å². The third-order valence-corrected chi connectivity index (χ3v) is 6.32. The molecule has 0 radical (unpaired) electrons. The van der Waals surface area contributed by atoms with Crippen LogP contribution in [0.1, 0.15) is 61.0 Å². The smallest absolute Gasteiger partial charge is 0.416 e. The molecule has 9 heteroatoms. The van der Waals surface area contributed by atoms with E-state index >= 15 is 0 Å². The summed E-state index contributed by atoms with van der Waals surface area (Å²) in [5, 5.41) is 12.8. The molecule has 0 spiro atoms. The minimum Gasteiger partial charge on any atom is -0.481 e. The molecule has 0 aliphatic carbocycles. The molecule has 2 heterocycles. The molecule has 0 amide bonds. The number of nitrogens with zero attached hydrogens (tertiary/aromatic N) is 2. The van der Waals surface area contributed by atoms with Gasteiger partial charge in [-0.1, -0.05) is 32.0 Å². The summed E-state index contributed by atoms with van der Waals surface area (Å²) in [6.45, 7) is 8.10. The van der Waals surface area contributed by atoms with E-state index in [0.717, 1.165) is 34.5 Å². The second-order valence-electron chi connectivity index (χ2n) is 9.77. The van der Waals surface area contributed by atoms with Crippen molar-refractivity contribution in [3.8, 4) is 11.1 Å². The third kappa shape index (κ3) is 7.29. The molecule has 2 N–H and O–H groups in total. The van der Waals surface area contributed by atoms with E-state index in [-0.39, 0.29) is 18.9 Å². The summed E-state index contributed by atoms with van der Waals surface area (Å²) in [7, 11) is 0. The maximum Gasteiger partial charge on any atom is 0.416 e. The first-order valence-corrected chi connectivity index (χ1v) is 12.1. The molecule has 2 atom stereocenters. The Morgan fingerprint density at radius 3 is 2.35 bits per heavy atom. The number of hydrogen-bond donors (Lipinski definition) is 2. The highest BCUT2D eigenvalue weighted by molar-refractivity contribution is 5.71. The van der Waals surface area contributed by atoms with Crippen molar-refractivity contribution in [3.05, 3.63) is 87.6 Å². The number of hydrogen-bond acceptors (Lipinski definition) is 4. The number of carboxylic acid groups (broad SMARTS) is 1. The molecule has 0 fully saturated rings. The van der Waals surface area contributed by atoms with Gasteiger partial charge in [-0.15, -0.1) is 0 Å². The van der Waals surface area contributed by atoms with E-state index in [2.05, 4.69) is 10.3 Å². The molecule has 3 rings (SSSR count). The zero-order chi connectivity index (χ0) is 27.3. The van der Waals surface area contributed by atoms with Crippen LogP contribution in [0.3, 0.4) is 0 Å². The molecule has 0 aliphatic heterocycles. The zero-order valence-electron chi connectivity index (χ0n) is 21.3. The number of nitrogens with one attached hydrogen (secondary N) is 1. The fourth-order valence-electron chi connectivity index (χ4n) is 4.62. The first kappa shape index (κ1) is 28.1.